The number of likely N-dealkylation sites (tertiary alicyclic amines) is 1. The maximum absolute atomic E-state index is 13.9. The maximum Gasteiger partial charge on any atom is 0.305 e. The lowest BCUT2D eigenvalue weighted by Crippen LogP contribution is -2.37. The summed E-state index contributed by atoms with van der Waals surface area (Å²) in [6.45, 7) is 0.276. The molecule has 6 nitrogen and oxygen atoms in total. The molecule has 1 aliphatic rings. The zero-order valence-electron chi connectivity index (χ0n) is 13.1. The Morgan fingerprint density at radius 2 is 2.25 bits per heavy atom. The molecule has 2 atom stereocenters. The van der Waals surface area contributed by atoms with E-state index in [9.17, 15) is 14.0 Å². The van der Waals surface area contributed by atoms with Crippen molar-refractivity contribution in [3.63, 3.8) is 0 Å². The Morgan fingerprint density at radius 1 is 1.46 bits per heavy atom. The summed E-state index contributed by atoms with van der Waals surface area (Å²) < 4.78 is 19.2. The summed E-state index contributed by atoms with van der Waals surface area (Å²) in [5.41, 5.74) is 0.539. The summed E-state index contributed by atoms with van der Waals surface area (Å²) in [7, 11) is 1.52. The smallest absolute Gasteiger partial charge is 0.305 e. The van der Waals surface area contributed by atoms with E-state index in [-0.39, 0.29) is 24.6 Å². The van der Waals surface area contributed by atoms with E-state index in [4.69, 9.17) is 9.84 Å². The van der Waals surface area contributed by atoms with Crippen molar-refractivity contribution in [2.75, 3.05) is 13.7 Å². The molecule has 0 radical (unpaired) electrons. The van der Waals surface area contributed by atoms with Crippen LogP contribution in [-0.2, 0) is 9.53 Å². The van der Waals surface area contributed by atoms with Crippen LogP contribution in [0.1, 0.15) is 23.2 Å². The van der Waals surface area contributed by atoms with Gasteiger partial charge in [-0.3, -0.25) is 14.6 Å². The number of hydrogen-bond donors (Lipinski definition) is 1. The summed E-state index contributed by atoms with van der Waals surface area (Å²) in [5, 5.41) is 9.59. The van der Waals surface area contributed by atoms with Crippen LogP contribution < -0.4 is 0 Å². The summed E-state index contributed by atoms with van der Waals surface area (Å²) >= 11 is 0. The Bertz CT molecular complexity index is 795. The molecule has 1 fully saturated rings. The van der Waals surface area contributed by atoms with Crippen molar-refractivity contribution in [3.8, 4) is 0 Å². The number of fused-ring (bicyclic) bond motifs is 1. The number of nitrogens with zero attached hydrogens (tertiary/aromatic N) is 2. The third kappa shape index (κ3) is 3.07. The Labute approximate surface area is 137 Å². The molecule has 0 saturated carbocycles. The van der Waals surface area contributed by atoms with Crippen LogP contribution >= 0.6 is 0 Å². The Kier molecular flexibility index (Phi) is 4.44. The van der Waals surface area contributed by atoms with Gasteiger partial charge in [-0.15, -0.1) is 0 Å². The predicted molar refractivity (Wildman–Crippen MR) is 84.2 cm³/mol. The highest BCUT2D eigenvalue weighted by Gasteiger charge is 2.37. The molecule has 24 heavy (non-hydrogen) atoms. The van der Waals surface area contributed by atoms with Crippen LogP contribution in [0.15, 0.2) is 30.5 Å². The summed E-state index contributed by atoms with van der Waals surface area (Å²) in [5.74, 6) is -1.95. The highest BCUT2D eigenvalue weighted by atomic mass is 19.1. The second-order valence-corrected chi connectivity index (χ2v) is 5.83. The van der Waals surface area contributed by atoms with Gasteiger partial charge in [-0.25, -0.2) is 4.39 Å². The molecule has 1 N–H and O–H groups in total. The molecule has 7 heteroatoms. The van der Waals surface area contributed by atoms with Gasteiger partial charge in [0.2, 0.25) is 0 Å². The van der Waals surface area contributed by atoms with Crippen molar-refractivity contribution in [2.45, 2.75) is 25.0 Å². The number of halogens is 1. The molecular formula is C17H17FN2O4. The van der Waals surface area contributed by atoms with Gasteiger partial charge < -0.3 is 14.7 Å². The van der Waals surface area contributed by atoms with E-state index in [1.54, 1.807) is 12.1 Å². The zero-order valence-corrected chi connectivity index (χ0v) is 13.1. The lowest BCUT2D eigenvalue weighted by molar-refractivity contribution is -0.137. The molecule has 1 saturated heterocycles. The van der Waals surface area contributed by atoms with Crippen LogP contribution in [0.4, 0.5) is 4.39 Å². The lowest BCUT2D eigenvalue weighted by atomic mass is 10.1. The van der Waals surface area contributed by atoms with Gasteiger partial charge >= 0.3 is 5.97 Å². The standard InChI is InChI=1S/C17H17FN2O4/c1-24-13-7-12(8-15(21)22)20(9-13)17(23)14-6-11(18)5-10-3-2-4-19-16(10)14/h2-6,12-13H,7-9H2,1H3,(H,21,22). The predicted octanol–water partition coefficient (Wildman–Crippen LogP) is 2.08. The first-order valence-corrected chi connectivity index (χ1v) is 7.59. The minimum Gasteiger partial charge on any atom is -0.481 e. The Balaban J connectivity index is 1.99. The highest BCUT2D eigenvalue weighted by Crippen LogP contribution is 2.27. The SMILES string of the molecule is COC1CC(CC(=O)O)N(C(=O)c2cc(F)cc3cccnc23)C1. The Hall–Kier alpha value is -2.54. The fraction of sp³-hybridized carbons (Fsp3) is 0.353. The molecule has 2 heterocycles. The van der Waals surface area contributed by atoms with Crippen molar-refractivity contribution in [1.29, 1.82) is 0 Å². The number of rotatable bonds is 4. The van der Waals surface area contributed by atoms with Gasteiger partial charge in [0.05, 0.1) is 23.6 Å². The van der Waals surface area contributed by atoms with Crippen molar-refractivity contribution >= 4 is 22.8 Å². The third-order valence-corrected chi connectivity index (χ3v) is 4.28. The largest absolute Gasteiger partial charge is 0.481 e. The molecule has 2 aromatic rings. The fourth-order valence-corrected chi connectivity index (χ4v) is 3.16. The van der Waals surface area contributed by atoms with Crippen LogP contribution in [0.5, 0.6) is 0 Å². The molecular weight excluding hydrogens is 315 g/mol. The highest BCUT2D eigenvalue weighted by molar-refractivity contribution is 6.05. The van der Waals surface area contributed by atoms with Gasteiger partial charge in [-0.2, -0.15) is 0 Å². The average Bonchev–Trinajstić information content (AvgIpc) is 2.95. The van der Waals surface area contributed by atoms with Crippen molar-refractivity contribution in [2.24, 2.45) is 0 Å². The van der Waals surface area contributed by atoms with E-state index in [0.29, 0.717) is 17.3 Å². The van der Waals surface area contributed by atoms with Gasteiger partial charge in [0.15, 0.2) is 0 Å². The number of benzene rings is 1. The number of aromatic nitrogens is 1. The quantitative estimate of drug-likeness (QED) is 0.927. The van der Waals surface area contributed by atoms with Crippen LogP contribution in [0.2, 0.25) is 0 Å². The molecule has 3 rings (SSSR count). The van der Waals surface area contributed by atoms with Crippen molar-refractivity contribution in [1.82, 2.24) is 9.88 Å². The second kappa shape index (κ2) is 6.52. The molecule has 1 aliphatic heterocycles. The van der Waals surface area contributed by atoms with Crippen molar-refractivity contribution < 1.29 is 23.8 Å². The van der Waals surface area contributed by atoms with E-state index in [1.165, 1.54) is 24.3 Å². The van der Waals surface area contributed by atoms with E-state index in [1.807, 2.05) is 0 Å². The van der Waals surface area contributed by atoms with Gasteiger partial charge in [-0.05, 0) is 24.6 Å². The second-order valence-electron chi connectivity index (χ2n) is 5.83. The number of ether oxygens (including phenoxy) is 1. The minimum absolute atomic E-state index is 0.137. The molecule has 0 bridgehead atoms. The third-order valence-electron chi connectivity index (χ3n) is 4.28. The molecule has 0 aliphatic carbocycles. The van der Waals surface area contributed by atoms with Gasteiger partial charge in [0, 0.05) is 31.3 Å². The maximum atomic E-state index is 13.9. The van der Waals surface area contributed by atoms with E-state index in [2.05, 4.69) is 4.98 Å². The molecule has 1 aromatic carbocycles. The van der Waals surface area contributed by atoms with Crippen LogP contribution in [0.3, 0.4) is 0 Å². The Morgan fingerprint density at radius 3 is 2.96 bits per heavy atom. The number of carbonyl (C=O) groups is 2. The number of hydrogen-bond acceptors (Lipinski definition) is 4. The van der Waals surface area contributed by atoms with Crippen LogP contribution in [-0.4, -0.2) is 52.7 Å². The summed E-state index contributed by atoms with van der Waals surface area (Å²) in [4.78, 5) is 29.6. The van der Waals surface area contributed by atoms with E-state index >= 15 is 0 Å². The first-order valence-electron chi connectivity index (χ1n) is 7.59. The normalized spacial score (nSPS) is 20.5. The molecule has 0 spiro atoms. The number of methoxy groups -OCH3 is 1. The molecule has 1 aromatic heterocycles. The molecule has 2 unspecified atom stereocenters. The van der Waals surface area contributed by atoms with Crippen LogP contribution in [0, 0.1) is 5.82 Å². The van der Waals surface area contributed by atoms with E-state index < -0.39 is 23.7 Å². The monoisotopic (exact) mass is 332 g/mol. The van der Waals surface area contributed by atoms with Crippen molar-refractivity contribution in [3.05, 3.63) is 41.8 Å². The zero-order chi connectivity index (χ0) is 17.3. The number of amides is 1. The number of aliphatic carboxylic acids is 1. The number of carboxylic acids is 1. The number of carbonyl (C=O) groups excluding carboxylic acids is 1. The van der Waals surface area contributed by atoms with Gasteiger partial charge in [0.25, 0.3) is 5.91 Å². The van der Waals surface area contributed by atoms with Gasteiger partial charge in [0.1, 0.15) is 5.82 Å². The fourth-order valence-electron chi connectivity index (χ4n) is 3.16. The summed E-state index contributed by atoms with van der Waals surface area (Å²) in [6.07, 6.45) is 1.57. The first kappa shape index (κ1) is 16.3. The number of pyridine rings is 1. The average molecular weight is 332 g/mol. The lowest BCUT2D eigenvalue weighted by Gasteiger charge is -2.23. The minimum atomic E-state index is -0.989. The molecule has 1 amide bonds. The van der Waals surface area contributed by atoms with Crippen LogP contribution in [0.25, 0.3) is 10.9 Å². The summed E-state index contributed by atoms with van der Waals surface area (Å²) in [6, 6.07) is 5.33. The van der Waals surface area contributed by atoms with Gasteiger partial charge in [-0.1, -0.05) is 6.07 Å². The first-order chi connectivity index (χ1) is 11.5. The topological polar surface area (TPSA) is 79.7 Å². The van der Waals surface area contributed by atoms with E-state index in [0.717, 1.165) is 6.07 Å². The number of carboxylic acid groups (broad SMARTS) is 1. The molecule has 126 valence electrons.